The van der Waals surface area contributed by atoms with Gasteiger partial charge in [0.1, 0.15) is 12.0 Å². The van der Waals surface area contributed by atoms with Crippen LogP contribution in [0.5, 0.6) is 5.75 Å². The fourth-order valence-corrected chi connectivity index (χ4v) is 1.55. The van der Waals surface area contributed by atoms with E-state index >= 15 is 0 Å². The van der Waals surface area contributed by atoms with Gasteiger partial charge in [0.15, 0.2) is 11.9 Å². The molecule has 2 aromatic rings. The molecule has 19 heavy (non-hydrogen) atoms. The van der Waals surface area contributed by atoms with Crippen LogP contribution in [0.2, 0.25) is 0 Å². The molecule has 0 radical (unpaired) electrons. The van der Waals surface area contributed by atoms with Crippen molar-refractivity contribution < 1.29 is 14.1 Å². The van der Waals surface area contributed by atoms with Crippen LogP contribution in [-0.2, 0) is 4.79 Å². The van der Waals surface area contributed by atoms with Crippen LogP contribution in [0.1, 0.15) is 18.1 Å². The molecule has 0 spiro atoms. The van der Waals surface area contributed by atoms with Crippen molar-refractivity contribution >= 4 is 11.7 Å². The second-order valence-electron chi connectivity index (χ2n) is 4.38. The molecule has 1 amide bonds. The quantitative estimate of drug-likeness (QED) is 0.918. The molecule has 1 heterocycles. The molecule has 1 aromatic carbocycles. The van der Waals surface area contributed by atoms with Gasteiger partial charge in [-0.15, -0.1) is 0 Å². The van der Waals surface area contributed by atoms with Gasteiger partial charge in [-0.05, 0) is 44.0 Å². The number of nitrogens with one attached hydrogen (secondary N) is 1. The zero-order chi connectivity index (χ0) is 13.8. The Balaban J connectivity index is 1.98. The molecular formula is C14H16N2O3. The van der Waals surface area contributed by atoms with Crippen molar-refractivity contribution in [2.45, 2.75) is 26.9 Å². The summed E-state index contributed by atoms with van der Waals surface area (Å²) >= 11 is 0. The van der Waals surface area contributed by atoms with E-state index in [0.29, 0.717) is 11.6 Å². The van der Waals surface area contributed by atoms with E-state index in [9.17, 15) is 4.79 Å². The molecule has 0 saturated heterocycles. The van der Waals surface area contributed by atoms with Crippen molar-refractivity contribution in [2.24, 2.45) is 0 Å². The van der Waals surface area contributed by atoms with Crippen LogP contribution in [0, 0.1) is 13.8 Å². The van der Waals surface area contributed by atoms with Crippen LogP contribution in [0.3, 0.4) is 0 Å². The van der Waals surface area contributed by atoms with E-state index in [0.717, 1.165) is 5.56 Å². The fraction of sp³-hybridized carbons (Fsp3) is 0.286. The van der Waals surface area contributed by atoms with E-state index in [2.05, 4.69) is 15.0 Å². The zero-order valence-corrected chi connectivity index (χ0v) is 11.1. The highest BCUT2D eigenvalue weighted by atomic mass is 16.5. The Labute approximate surface area is 111 Å². The molecule has 0 saturated carbocycles. The summed E-state index contributed by atoms with van der Waals surface area (Å²) in [6, 6.07) is 7.30. The molecule has 0 aliphatic carbocycles. The number of hydrogen-bond donors (Lipinski definition) is 1. The molecule has 0 aliphatic heterocycles. The molecule has 0 fully saturated rings. The maximum atomic E-state index is 11.8. The first-order valence-electron chi connectivity index (χ1n) is 6.01. The van der Waals surface area contributed by atoms with Crippen LogP contribution >= 0.6 is 0 Å². The number of rotatable bonds is 4. The normalized spacial score (nSPS) is 11.9. The number of benzene rings is 1. The Kier molecular flexibility index (Phi) is 3.85. The summed E-state index contributed by atoms with van der Waals surface area (Å²) < 4.78 is 10.2. The number of carbonyl (C=O) groups is 1. The number of ether oxygens (including phenoxy) is 1. The monoisotopic (exact) mass is 260 g/mol. The van der Waals surface area contributed by atoms with Gasteiger partial charge in [0, 0.05) is 6.07 Å². The molecule has 100 valence electrons. The number of nitrogens with zero attached hydrogens (tertiary/aromatic N) is 1. The third-order valence-corrected chi connectivity index (χ3v) is 2.85. The van der Waals surface area contributed by atoms with E-state index in [1.807, 2.05) is 32.0 Å². The van der Waals surface area contributed by atoms with E-state index in [1.54, 1.807) is 13.0 Å². The third kappa shape index (κ3) is 3.34. The van der Waals surface area contributed by atoms with Gasteiger partial charge >= 0.3 is 0 Å². The lowest BCUT2D eigenvalue weighted by atomic mass is 10.1. The lowest BCUT2D eigenvalue weighted by Gasteiger charge is -2.14. The topological polar surface area (TPSA) is 64.4 Å². The summed E-state index contributed by atoms with van der Waals surface area (Å²) in [6.45, 7) is 5.72. The van der Waals surface area contributed by atoms with Crippen LogP contribution in [0.4, 0.5) is 5.82 Å². The highest BCUT2D eigenvalue weighted by molar-refractivity contribution is 5.93. The minimum atomic E-state index is -0.612. The summed E-state index contributed by atoms with van der Waals surface area (Å²) in [4.78, 5) is 11.8. The first kappa shape index (κ1) is 13.1. The van der Waals surface area contributed by atoms with Crippen LogP contribution in [-0.4, -0.2) is 17.2 Å². The first-order chi connectivity index (χ1) is 9.06. The van der Waals surface area contributed by atoms with Gasteiger partial charge < -0.3 is 14.6 Å². The number of anilines is 1. The minimum Gasteiger partial charge on any atom is -0.481 e. The highest BCUT2D eigenvalue weighted by Gasteiger charge is 2.16. The van der Waals surface area contributed by atoms with Crippen molar-refractivity contribution in [1.29, 1.82) is 0 Å². The average molecular weight is 260 g/mol. The number of carbonyl (C=O) groups excluding carboxylic acids is 1. The second kappa shape index (κ2) is 5.56. The van der Waals surface area contributed by atoms with Crippen molar-refractivity contribution in [3.63, 3.8) is 0 Å². The Bertz CT molecular complexity index is 564. The molecule has 1 atom stereocenters. The molecule has 0 aliphatic rings. The Morgan fingerprint density at radius 2 is 2.11 bits per heavy atom. The lowest BCUT2D eigenvalue weighted by molar-refractivity contribution is -0.122. The summed E-state index contributed by atoms with van der Waals surface area (Å²) in [6.07, 6.45) is 0.781. The maximum Gasteiger partial charge on any atom is 0.266 e. The number of hydrogen-bond acceptors (Lipinski definition) is 4. The molecule has 1 aromatic heterocycles. The zero-order valence-electron chi connectivity index (χ0n) is 11.1. The standard InChI is InChI=1S/C14H16N2O3/c1-9-4-5-12(8-10(9)2)19-11(3)14(17)15-13-6-7-18-16-13/h4-8,11H,1-3H3,(H,15,16,17)/t11-/m0/s1. The van der Waals surface area contributed by atoms with Gasteiger partial charge in [0.05, 0.1) is 0 Å². The van der Waals surface area contributed by atoms with Gasteiger partial charge in [-0.1, -0.05) is 11.2 Å². The van der Waals surface area contributed by atoms with E-state index in [4.69, 9.17) is 4.74 Å². The maximum absolute atomic E-state index is 11.8. The minimum absolute atomic E-state index is 0.271. The van der Waals surface area contributed by atoms with Crippen molar-refractivity contribution in [3.8, 4) is 5.75 Å². The Morgan fingerprint density at radius 3 is 2.74 bits per heavy atom. The molecule has 0 bridgehead atoms. The highest BCUT2D eigenvalue weighted by Crippen LogP contribution is 2.18. The number of aromatic nitrogens is 1. The SMILES string of the molecule is Cc1ccc(O[C@@H](C)C(=O)Nc2ccon2)cc1C. The molecule has 2 rings (SSSR count). The van der Waals surface area contributed by atoms with E-state index in [-0.39, 0.29) is 5.91 Å². The lowest BCUT2D eigenvalue weighted by Crippen LogP contribution is -2.30. The van der Waals surface area contributed by atoms with E-state index < -0.39 is 6.10 Å². The van der Waals surface area contributed by atoms with Gasteiger partial charge in [-0.2, -0.15) is 0 Å². The molecule has 1 N–H and O–H groups in total. The van der Waals surface area contributed by atoms with Crippen LogP contribution in [0.15, 0.2) is 35.1 Å². The first-order valence-corrected chi connectivity index (χ1v) is 6.01. The van der Waals surface area contributed by atoms with Crippen molar-refractivity contribution in [1.82, 2.24) is 5.16 Å². The smallest absolute Gasteiger partial charge is 0.266 e. The second-order valence-corrected chi connectivity index (χ2v) is 4.38. The van der Waals surface area contributed by atoms with Gasteiger partial charge in [-0.25, -0.2) is 0 Å². The van der Waals surface area contributed by atoms with Gasteiger partial charge in [0.2, 0.25) is 0 Å². The number of aryl methyl sites for hydroxylation is 2. The molecule has 0 unspecified atom stereocenters. The summed E-state index contributed by atoms with van der Waals surface area (Å²) in [7, 11) is 0. The van der Waals surface area contributed by atoms with Crippen molar-refractivity contribution in [3.05, 3.63) is 41.7 Å². The Morgan fingerprint density at radius 1 is 1.32 bits per heavy atom. The van der Waals surface area contributed by atoms with E-state index in [1.165, 1.54) is 11.8 Å². The third-order valence-electron chi connectivity index (χ3n) is 2.85. The summed E-state index contributed by atoms with van der Waals surface area (Å²) in [5.74, 6) is 0.776. The molecule has 5 heteroatoms. The fourth-order valence-electron chi connectivity index (χ4n) is 1.55. The van der Waals surface area contributed by atoms with Crippen molar-refractivity contribution in [2.75, 3.05) is 5.32 Å². The van der Waals surface area contributed by atoms with Crippen LogP contribution < -0.4 is 10.1 Å². The Hall–Kier alpha value is -2.30. The number of amides is 1. The predicted octanol–water partition coefficient (Wildman–Crippen LogP) is 2.70. The van der Waals surface area contributed by atoms with Gasteiger partial charge in [-0.3, -0.25) is 4.79 Å². The molecule has 5 nitrogen and oxygen atoms in total. The largest absolute Gasteiger partial charge is 0.481 e. The van der Waals surface area contributed by atoms with Gasteiger partial charge in [0.25, 0.3) is 5.91 Å². The predicted molar refractivity (Wildman–Crippen MR) is 71.1 cm³/mol. The van der Waals surface area contributed by atoms with Crippen LogP contribution in [0.25, 0.3) is 0 Å². The summed E-state index contributed by atoms with van der Waals surface area (Å²) in [5.41, 5.74) is 2.31. The molecular weight excluding hydrogens is 244 g/mol. The summed E-state index contributed by atoms with van der Waals surface area (Å²) in [5, 5.41) is 6.21. The average Bonchev–Trinajstić information content (AvgIpc) is 2.86.